The molecule has 9 heteroatoms. The summed E-state index contributed by atoms with van der Waals surface area (Å²) in [6.45, 7) is 14.2. The Kier molecular flexibility index (Phi) is 10.5. The molecule has 0 aliphatic heterocycles. The smallest absolute Gasteiger partial charge is 0.207 e. The summed E-state index contributed by atoms with van der Waals surface area (Å²) in [4.78, 5) is 0.697. The molecule has 0 aromatic heterocycles. The quantitative estimate of drug-likeness (QED) is 0.311. The molecule has 0 bridgehead atoms. The second-order valence-electron chi connectivity index (χ2n) is 9.25. The largest absolute Gasteiger partial charge is 0.243 e. The van der Waals surface area contributed by atoms with Gasteiger partial charge in [-0.05, 0) is 76.6 Å². The van der Waals surface area contributed by atoms with Crippen LogP contribution in [0.1, 0.15) is 53.1 Å². The van der Waals surface area contributed by atoms with Gasteiger partial charge < -0.3 is 0 Å². The lowest BCUT2D eigenvalue weighted by Crippen LogP contribution is -2.38. The number of hydrogen-bond donors (Lipinski definition) is 0. The minimum absolute atomic E-state index is 0.248. The molecule has 0 saturated heterocycles. The van der Waals surface area contributed by atoms with Crippen LogP contribution in [0, 0.1) is 41.5 Å². The van der Waals surface area contributed by atoms with E-state index in [2.05, 4.69) is 15.9 Å². The van der Waals surface area contributed by atoms with Crippen LogP contribution < -0.4 is 0 Å². The summed E-state index contributed by atoms with van der Waals surface area (Å²) in [5, 5.41) is 0.687. The highest BCUT2D eigenvalue weighted by molar-refractivity contribution is 9.09. The first-order valence-electron chi connectivity index (χ1n) is 12.0. The van der Waals surface area contributed by atoms with E-state index >= 15 is 0 Å². The van der Waals surface area contributed by atoms with Crippen LogP contribution in [0.4, 0.5) is 0 Å². The molecule has 0 aliphatic rings. The molecule has 6 nitrogen and oxygen atoms in total. The molecule has 0 fully saturated rings. The Balaban J connectivity index is 2.30. The van der Waals surface area contributed by atoms with Crippen molar-refractivity contribution in [3.05, 3.63) is 57.6 Å². The molecule has 0 spiro atoms. The molecule has 0 atom stereocenters. The second-order valence-corrected chi connectivity index (χ2v) is 13.8. The van der Waals surface area contributed by atoms with Crippen molar-refractivity contribution in [2.24, 2.45) is 0 Å². The van der Waals surface area contributed by atoms with E-state index in [0.717, 1.165) is 33.4 Å². The Morgan fingerprint density at radius 2 is 0.971 bits per heavy atom. The van der Waals surface area contributed by atoms with Crippen LogP contribution in [0.3, 0.4) is 0 Å². The number of sulfonamides is 2. The highest BCUT2D eigenvalue weighted by Gasteiger charge is 2.30. The first-order valence-corrected chi connectivity index (χ1v) is 16.0. The highest BCUT2D eigenvalue weighted by atomic mass is 79.9. The van der Waals surface area contributed by atoms with Crippen LogP contribution >= 0.6 is 15.9 Å². The minimum Gasteiger partial charge on any atom is -0.207 e. The average Bonchev–Trinajstić information content (AvgIpc) is 2.70. The zero-order chi connectivity index (χ0) is 26.6. The van der Waals surface area contributed by atoms with Gasteiger partial charge in [0.15, 0.2) is 0 Å². The van der Waals surface area contributed by atoms with Gasteiger partial charge in [-0.1, -0.05) is 58.2 Å². The van der Waals surface area contributed by atoms with E-state index in [1.807, 2.05) is 72.7 Å². The summed E-state index contributed by atoms with van der Waals surface area (Å²) < 4.78 is 57.2. The second kappa shape index (κ2) is 12.3. The molecular formula is C26H39BrN2O4S2. The summed E-state index contributed by atoms with van der Waals surface area (Å²) in [5.74, 6) is 0. The Bertz CT molecular complexity index is 1210. The van der Waals surface area contributed by atoms with E-state index in [1.54, 1.807) is 0 Å². The minimum atomic E-state index is -3.72. The van der Waals surface area contributed by atoms with Crippen LogP contribution in [0.25, 0.3) is 0 Å². The summed E-state index contributed by atoms with van der Waals surface area (Å²) in [5.41, 5.74) is 4.97. The highest BCUT2D eigenvalue weighted by Crippen LogP contribution is 2.27. The molecule has 35 heavy (non-hydrogen) atoms. The van der Waals surface area contributed by atoms with Crippen molar-refractivity contribution in [1.29, 1.82) is 0 Å². The molecule has 0 saturated carbocycles. The van der Waals surface area contributed by atoms with Gasteiger partial charge in [-0.25, -0.2) is 16.8 Å². The third-order valence-electron chi connectivity index (χ3n) is 6.11. The van der Waals surface area contributed by atoms with Gasteiger partial charge in [0.1, 0.15) is 0 Å². The zero-order valence-corrected chi connectivity index (χ0v) is 25.2. The number of hydrogen-bond acceptors (Lipinski definition) is 4. The van der Waals surface area contributed by atoms with E-state index in [4.69, 9.17) is 0 Å². The number of benzene rings is 2. The molecule has 0 amide bonds. The number of aryl methyl sites for hydroxylation is 6. The molecule has 0 N–H and O–H groups in total. The summed E-state index contributed by atoms with van der Waals surface area (Å²) in [6, 6.07) is 7.55. The third-order valence-corrected chi connectivity index (χ3v) is 11.2. The Morgan fingerprint density at radius 3 is 1.34 bits per heavy atom. The number of alkyl halides is 1. The standard InChI is InChI=1S/C26H39BrN2O4S2/c1-8-28(34(30,31)25-21(4)15-19(2)16-22(25)5)13-10-14-29(12-9-11-27)35(32,33)26-23(6)17-20(3)18-24(26)7/h15-18H,8-14H2,1-7H3. The van der Waals surface area contributed by atoms with Crippen LogP contribution in [0.5, 0.6) is 0 Å². The molecule has 0 aliphatic carbocycles. The van der Waals surface area contributed by atoms with Gasteiger partial charge in [0.25, 0.3) is 0 Å². The van der Waals surface area contributed by atoms with Crippen molar-refractivity contribution >= 4 is 36.0 Å². The summed E-state index contributed by atoms with van der Waals surface area (Å²) in [7, 11) is -7.41. The van der Waals surface area contributed by atoms with E-state index in [1.165, 1.54) is 8.61 Å². The Hall–Kier alpha value is -1.26. The van der Waals surface area contributed by atoms with Crippen molar-refractivity contribution in [3.8, 4) is 0 Å². The van der Waals surface area contributed by atoms with Crippen molar-refractivity contribution in [2.75, 3.05) is 31.5 Å². The normalized spacial score (nSPS) is 12.6. The van der Waals surface area contributed by atoms with Gasteiger partial charge in [-0.15, -0.1) is 0 Å². The predicted molar refractivity (Wildman–Crippen MR) is 148 cm³/mol. The number of rotatable bonds is 12. The van der Waals surface area contributed by atoms with Crippen molar-refractivity contribution in [2.45, 2.75) is 71.1 Å². The molecule has 196 valence electrons. The summed E-state index contributed by atoms with van der Waals surface area (Å²) in [6.07, 6.45) is 1.07. The van der Waals surface area contributed by atoms with Gasteiger partial charge in [0.2, 0.25) is 20.0 Å². The van der Waals surface area contributed by atoms with Gasteiger partial charge in [-0.2, -0.15) is 8.61 Å². The molecule has 2 aromatic carbocycles. The lowest BCUT2D eigenvalue weighted by Gasteiger charge is -2.27. The third kappa shape index (κ3) is 6.95. The van der Waals surface area contributed by atoms with Crippen LogP contribution in [0.15, 0.2) is 34.1 Å². The molecule has 0 heterocycles. The first-order chi connectivity index (χ1) is 16.3. The molecule has 0 radical (unpaired) electrons. The zero-order valence-electron chi connectivity index (χ0n) is 22.0. The molecule has 2 aromatic rings. The fourth-order valence-electron chi connectivity index (χ4n) is 4.87. The molecular weight excluding hydrogens is 548 g/mol. The van der Waals surface area contributed by atoms with Gasteiger partial charge >= 0.3 is 0 Å². The number of halogens is 1. The maximum Gasteiger partial charge on any atom is 0.243 e. The van der Waals surface area contributed by atoms with Crippen molar-refractivity contribution in [3.63, 3.8) is 0 Å². The van der Waals surface area contributed by atoms with Crippen molar-refractivity contribution in [1.82, 2.24) is 8.61 Å². The molecule has 0 unspecified atom stereocenters. The lowest BCUT2D eigenvalue weighted by molar-refractivity contribution is 0.365. The Morgan fingerprint density at radius 1 is 0.629 bits per heavy atom. The fraction of sp³-hybridized carbons (Fsp3) is 0.538. The summed E-state index contributed by atoms with van der Waals surface area (Å²) >= 11 is 3.40. The predicted octanol–water partition coefficient (Wildman–Crippen LogP) is 5.41. The van der Waals surface area contributed by atoms with Crippen LogP contribution in [0.2, 0.25) is 0 Å². The number of nitrogens with zero attached hydrogens (tertiary/aromatic N) is 2. The monoisotopic (exact) mass is 586 g/mol. The fourth-order valence-corrected chi connectivity index (χ4v) is 8.94. The van der Waals surface area contributed by atoms with Gasteiger partial charge in [-0.3, -0.25) is 0 Å². The van der Waals surface area contributed by atoms with Gasteiger partial charge in [0, 0.05) is 31.5 Å². The van der Waals surface area contributed by atoms with Gasteiger partial charge in [0.05, 0.1) is 9.79 Å². The van der Waals surface area contributed by atoms with E-state index < -0.39 is 20.0 Å². The maximum atomic E-state index is 13.7. The van der Waals surface area contributed by atoms with E-state index in [9.17, 15) is 16.8 Å². The van der Waals surface area contributed by atoms with Crippen LogP contribution in [-0.4, -0.2) is 57.0 Å². The maximum absolute atomic E-state index is 13.7. The topological polar surface area (TPSA) is 74.8 Å². The average molecular weight is 588 g/mol. The van der Waals surface area contributed by atoms with Crippen molar-refractivity contribution < 1.29 is 16.8 Å². The van der Waals surface area contributed by atoms with Crippen LogP contribution in [-0.2, 0) is 20.0 Å². The Labute approximate surface area is 221 Å². The first kappa shape index (κ1) is 30.0. The van der Waals surface area contributed by atoms with E-state index in [0.29, 0.717) is 41.1 Å². The molecule has 2 rings (SSSR count). The SMILES string of the molecule is CCN(CCCN(CCCBr)S(=O)(=O)c1c(C)cc(C)cc1C)S(=O)(=O)c1c(C)cc(C)cc1C. The lowest BCUT2D eigenvalue weighted by atomic mass is 10.1. The van der Waals surface area contributed by atoms with E-state index in [-0.39, 0.29) is 13.1 Å².